The SMILES string of the molecule is CCC(C)(C)C(=O)N1CCCCC1CCl. The first kappa shape index (κ1) is 12.8. The van der Waals surface area contributed by atoms with Crippen LogP contribution in [0.1, 0.15) is 46.5 Å². The molecule has 15 heavy (non-hydrogen) atoms. The quantitative estimate of drug-likeness (QED) is 0.684. The molecule has 1 aliphatic rings. The number of piperidine rings is 1. The van der Waals surface area contributed by atoms with Crippen LogP contribution in [0.3, 0.4) is 0 Å². The van der Waals surface area contributed by atoms with Crippen molar-refractivity contribution in [2.45, 2.75) is 52.5 Å². The van der Waals surface area contributed by atoms with Gasteiger partial charge in [-0.2, -0.15) is 0 Å². The van der Waals surface area contributed by atoms with Crippen molar-refractivity contribution in [1.82, 2.24) is 4.90 Å². The average molecular weight is 232 g/mol. The van der Waals surface area contributed by atoms with Crippen molar-refractivity contribution in [3.8, 4) is 0 Å². The molecule has 2 nitrogen and oxygen atoms in total. The summed E-state index contributed by atoms with van der Waals surface area (Å²) in [6.45, 7) is 7.00. The van der Waals surface area contributed by atoms with Crippen LogP contribution in [0.2, 0.25) is 0 Å². The van der Waals surface area contributed by atoms with Crippen molar-refractivity contribution in [3.05, 3.63) is 0 Å². The number of halogens is 1. The lowest BCUT2D eigenvalue weighted by Crippen LogP contribution is -2.49. The molecule has 0 aromatic carbocycles. The number of rotatable bonds is 3. The van der Waals surface area contributed by atoms with Crippen LogP contribution in [-0.4, -0.2) is 29.3 Å². The van der Waals surface area contributed by atoms with Gasteiger partial charge in [0.25, 0.3) is 0 Å². The van der Waals surface area contributed by atoms with Crippen LogP contribution in [0.25, 0.3) is 0 Å². The van der Waals surface area contributed by atoms with Crippen LogP contribution < -0.4 is 0 Å². The highest BCUT2D eigenvalue weighted by Gasteiger charge is 2.34. The van der Waals surface area contributed by atoms with Crippen molar-refractivity contribution in [1.29, 1.82) is 0 Å². The van der Waals surface area contributed by atoms with E-state index in [0.717, 1.165) is 25.8 Å². The largest absolute Gasteiger partial charge is 0.338 e. The second-order valence-electron chi connectivity index (χ2n) is 5.04. The van der Waals surface area contributed by atoms with Gasteiger partial charge in [-0.15, -0.1) is 11.6 Å². The number of likely N-dealkylation sites (tertiary alicyclic amines) is 1. The molecule has 1 unspecified atom stereocenters. The normalized spacial score (nSPS) is 22.9. The van der Waals surface area contributed by atoms with Crippen LogP contribution in [0.15, 0.2) is 0 Å². The standard InChI is InChI=1S/C12H22ClNO/c1-4-12(2,3)11(15)14-8-6-5-7-10(14)9-13/h10H,4-9H2,1-3H3. The topological polar surface area (TPSA) is 20.3 Å². The Morgan fingerprint density at radius 3 is 2.67 bits per heavy atom. The summed E-state index contributed by atoms with van der Waals surface area (Å²) in [6.07, 6.45) is 4.28. The van der Waals surface area contributed by atoms with Crippen LogP contribution in [0.5, 0.6) is 0 Å². The van der Waals surface area contributed by atoms with Crippen LogP contribution in [0.4, 0.5) is 0 Å². The maximum Gasteiger partial charge on any atom is 0.228 e. The molecule has 0 radical (unpaired) electrons. The number of carbonyl (C=O) groups is 1. The molecule has 0 spiro atoms. The first-order valence-corrected chi connectivity index (χ1v) is 6.43. The van der Waals surface area contributed by atoms with Gasteiger partial charge in [-0.05, 0) is 25.7 Å². The second kappa shape index (κ2) is 5.20. The second-order valence-corrected chi connectivity index (χ2v) is 5.35. The summed E-state index contributed by atoms with van der Waals surface area (Å²) in [4.78, 5) is 14.3. The smallest absolute Gasteiger partial charge is 0.228 e. The number of hydrogen-bond donors (Lipinski definition) is 0. The Balaban J connectivity index is 2.72. The molecule has 0 aliphatic carbocycles. The van der Waals surface area contributed by atoms with Gasteiger partial charge in [0.15, 0.2) is 0 Å². The zero-order chi connectivity index (χ0) is 11.5. The molecule has 1 amide bonds. The average Bonchev–Trinajstić information content (AvgIpc) is 2.28. The van der Waals surface area contributed by atoms with Crippen molar-refractivity contribution < 1.29 is 4.79 Å². The molecule has 1 aliphatic heterocycles. The third-order valence-electron chi connectivity index (χ3n) is 3.53. The maximum atomic E-state index is 12.3. The Morgan fingerprint density at radius 1 is 1.47 bits per heavy atom. The summed E-state index contributed by atoms with van der Waals surface area (Å²) in [6, 6.07) is 0.263. The highest BCUT2D eigenvalue weighted by Crippen LogP contribution is 2.28. The minimum atomic E-state index is -0.234. The summed E-state index contributed by atoms with van der Waals surface area (Å²) in [5.74, 6) is 0.848. The zero-order valence-electron chi connectivity index (χ0n) is 10.1. The lowest BCUT2D eigenvalue weighted by molar-refractivity contribution is -0.143. The first-order chi connectivity index (χ1) is 7.03. The van der Waals surface area contributed by atoms with Gasteiger partial charge in [-0.1, -0.05) is 20.8 Å². The molecule has 1 rings (SSSR count). The first-order valence-electron chi connectivity index (χ1n) is 5.90. The van der Waals surface area contributed by atoms with Gasteiger partial charge in [-0.25, -0.2) is 0 Å². The van der Waals surface area contributed by atoms with E-state index in [4.69, 9.17) is 11.6 Å². The number of alkyl halides is 1. The molecule has 1 heterocycles. The summed E-state index contributed by atoms with van der Waals surface area (Å²) in [5, 5.41) is 0. The maximum absolute atomic E-state index is 12.3. The number of hydrogen-bond acceptors (Lipinski definition) is 1. The number of amides is 1. The third kappa shape index (κ3) is 2.87. The Bertz CT molecular complexity index is 228. The van der Waals surface area contributed by atoms with Crippen LogP contribution in [-0.2, 0) is 4.79 Å². The fourth-order valence-electron chi connectivity index (χ4n) is 1.97. The molecule has 88 valence electrons. The Morgan fingerprint density at radius 2 is 2.13 bits per heavy atom. The highest BCUT2D eigenvalue weighted by molar-refractivity contribution is 6.18. The molecule has 0 aromatic rings. The van der Waals surface area contributed by atoms with E-state index in [1.807, 2.05) is 18.7 Å². The minimum absolute atomic E-state index is 0.234. The van der Waals surface area contributed by atoms with Gasteiger partial charge in [-0.3, -0.25) is 4.79 Å². The van der Waals surface area contributed by atoms with E-state index in [1.165, 1.54) is 6.42 Å². The predicted octanol–water partition coefficient (Wildman–Crippen LogP) is 3.04. The molecule has 0 N–H and O–H groups in total. The van der Waals surface area contributed by atoms with Gasteiger partial charge in [0, 0.05) is 23.9 Å². The molecular formula is C12H22ClNO. The number of carbonyl (C=O) groups excluding carboxylic acids is 1. The summed E-state index contributed by atoms with van der Waals surface area (Å²) in [7, 11) is 0. The van der Waals surface area contributed by atoms with Crippen molar-refractivity contribution >= 4 is 17.5 Å². The van der Waals surface area contributed by atoms with Gasteiger partial charge in [0.2, 0.25) is 5.91 Å². The molecular weight excluding hydrogens is 210 g/mol. The van der Waals surface area contributed by atoms with Crippen LogP contribution >= 0.6 is 11.6 Å². The summed E-state index contributed by atoms with van der Waals surface area (Å²) < 4.78 is 0. The van der Waals surface area contributed by atoms with Crippen molar-refractivity contribution in [2.75, 3.05) is 12.4 Å². The lowest BCUT2D eigenvalue weighted by Gasteiger charge is -2.39. The predicted molar refractivity (Wildman–Crippen MR) is 64.1 cm³/mol. The van der Waals surface area contributed by atoms with E-state index >= 15 is 0 Å². The third-order valence-corrected chi connectivity index (χ3v) is 3.89. The number of nitrogens with zero attached hydrogens (tertiary/aromatic N) is 1. The van der Waals surface area contributed by atoms with Crippen LogP contribution in [0, 0.1) is 5.41 Å². The monoisotopic (exact) mass is 231 g/mol. The summed E-state index contributed by atoms with van der Waals surface area (Å²) in [5.41, 5.74) is -0.234. The van der Waals surface area contributed by atoms with E-state index in [-0.39, 0.29) is 17.4 Å². The van der Waals surface area contributed by atoms with Crippen molar-refractivity contribution in [3.63, 3.8) is 0 Å². The molecule has 0 bridgehead atoms. The molecule has 0 aromatic heterocycles. The van der Waals surface area contributed by atoms with Gasteiger partial charge >= 0.3 is 0 Å². The summed E-state index contributed by atoms with van der Waals surface area (Å²) >= 11 is 5.92. The van der Waals surface area contributed by atoms with E-state index in [2.05, 4.69) is 6.92 Å². The Labute approximate surface area is 98.0 Å². The van der Waals surface area contributed by atoms with Gasteiger partial charge in [0.05, 0.1) is 0 Å². The van der Waals surface area contributed by atoms with Gasteiger partial charge in [0.1, 0.15) is 0 Å². The fraction of sp³-hybridized carbons (Fsp3) is 0.917. The van der Waals surface area contributed by atoms with E-state index < -0.39 is 0 Å². The minimum Gasteiger partial charge on any atom is -0.338 e. The molecule has 1 fully saturated rings. The molecule has 1 saturated heterocycles. The molecule has 3 heteroatoms. The Hall–Kier alpha value is -0.240. The molecule has 0 saturated carbocycles. The van der Waals surface area contributed by atoms with E-state index in [1.54, 1.807) is 0 Å². The molecule has 1 atom stereocenters. The van der Waals surface area contributed by atoms with Crippen molar-refractivity contribution in [2.24, 2.45) is 5.41 Å². The van der Waals surface area contributed by atoms with E-state index in [9.17, 15) is 4.79 Å². The zero-order valence-corrected chi connectivity index (χ0v) is 10.8. The van der Waals surface area contributed by atoms with Gasteiger partial charge < -0.3 is 4.90 Å². The highest BCUT2D eigenvalue weighted by atomic mass is 35.5. The van der Waals surface area contributed by atoms with E-state index in [0.29, 0.717) is 5.88 Å². The Kier molecular flexibility index (Phi) is 4.45. The fourth-order valence-corrected chi connectivity index (χ4v) is 2.29. The lowest BCUT2D eigenvalue weighted by atomic mass is 9.87.